The van der Waals surface area contributed by atoms with Gasteiger partial charge in [0.05, 0.1) is 18.2 Å². The maximum Gasteiger partial charge on any atom is 0.140 e. The summed E-state index contributed by atoms with van der Waals surface area (Å²) in [6.07, 6.45) is 2.95. The molecule has 0 saturated carbocycles. The SMILES string of the molecule is CCCCOc1ccc(C(C)(C)c2cc(C)c(OCCC[S+]([O-])CC)c(Cl)c2)cc1. The van der Waals surface area contributed by atoms with E-state index in [0.29, 0.717) is 23.1 Å². The van der Waals surface area contributed by atoms with Gasteiger partial charge in [-0.3, -0.25) is 0 Å². The molecule has 0 amide bonds. The summed E-state index contributed by atoms with van der Waals surface area (Å²) in [5, 5.41) is 0.620. The Morgan fingerprint density at radius 2 is 1.63 bits per heavy atom. The smallest absolute Gasteiger partial charge is 0.140 e. The van der Waals surface area contributed by atoms with Gasteiger partial charge in [-0.15, -0.1) is 0 Å². The molecule has 5 heteroatoms. The van der Waals surface area contributed by atoms with Crippen molar-refractivity contribution in [2.24, 2.45) is 0 Å². The summed E-state index contributed by atoms with van der Waals surface area (Å²) in [5.41, 5.74) is 3.16. The average Bonchev–Trinajstić information content (AvgIpc) is 2.72. The first-order chi connectivity index (χ1) is 14.3. The van der Waals surface area contributed by atoms with Crippen molar-refractivity contribution in [1.82, 2.24) is 0 Å². The van der Waals surface area contributed by atoms with Crippen molar-refractivity contribution in [3.8, 4) is 11.5 Å². The van der Waals surface area contributed by atoms with E-state index in [1.165, 1.54) is 5.56 Å². The van der Waals surface area contributed by atoms with Crippen molar-refractivity contribution in [2.75, 3.05) is 24.7 Å². The number of ether oxygens (including phenoxy) is 2. The third kappa shape index (κ3) is 6.83. The molecule has 0 heterocycles. The van der Waals surface area contributed by atoms with Crippen LogP contribution in [0.15, 0.2) is 36.4 Å². The van der Waals surface area contributed by atoms with Crippen LogP contribution in [0.5, 0.6) is 11.5 Å². The van der Waals surface area contributed by atoms with Crippen molar-refractivity contribution in [3.63, 3.8) is 0 Å². The van der Waals surface area contributed by atoms with E-state index in [0.717, 1.165) is 48.5 Å². The normalized spacial score (nSPS) is 12.6. The van der Waals surface area contributed by atoms with Gasteiger partial charge in [-0.1, -0.05) is 68.2 Å². The van der Waals surface area contributed by atoms with Crippen LogP contribution in [0.25, 0.3) is 0 Å². The van der Waals surface area contributed by atoms with Crippen LogP contribution in [-0.4, -0.2) is 29.3 Å². The molecule has 2 aromatic carbocycles. The Hall–Kier alpha value is -1.36. The quantitative estimate of drug-likeness (QED) is 0.267. The molecular weight excluding hydrogens is 416 g/mol. The van der Waals surface area contributed by atoms with Gasteiger partial charge in [0.15, 0.2) is 0 Å². The van der Waals surface area contributed by atoms with Crippen LogP contribution in [0, 0.1) is 6.92 Å². The maximum atomic E-state index is 11.6. The Labute approximate surface area is 190 Å². The fraction of sp³-hybridized carbons (Fsp3) is 0.520. The number of benzene rings is 2. The minimum absolute atomic E-state index is 0.201. The van der Waals surface area contributed by atoms with E-state index >= 15 is 0 Å². The highest BCUT2D eigenvalue weighted by atomic mass is 35.5. The molecule has 0 aromatic heterocycles. The molecule has 0 aliphatic heterocycles. The lowest BCUT2D eigenvalue weighted by atomic mass is 9.77. The van der Waals surface area contributed by atoms with Gasteiger partial charge in [0.25, 0.3) is 0 Å². The summed E-state index contributed by atoms with van der Waals surface area (Å²) in [5.74, 6) is 2.98. The first-order valence-electron chi connectivity index (χ1n) is 10.8. The van der Waals surface area contributed by atoms with Gasteiger partial charge in [-0.05, 0) is 55.2 Å². The van der Waals surface area contributed by atoms with Crippen molar-refractivity contribution >= 4 is 22.8 Å². The Bertz CT molecular complexity index is 766. The van der Waals surface area contributed by atoms with Crippen LogP contribution in [0.2, 0.25) is 5.02 Å². The molecule has 3 nitrogen and oxygen atoms in total. The summed E-state index contributed by atoms with van der Waals surface area (Å²) in [7, 11) is 0. The van der Waals surface area contributed by atoms with Gasteiger partial charge in [-0.2, -0.15) is 0 Å². The van der Waals surface area contributed by atoms with Crippen molar-refractivity contribution < 1.29 is 14.0 Å². The molecule has 0 fully saturated rings. The van der Waals surface area contributed by atoms with Crippen LogP contribution in [0.1, 0.15) is 63.6 Å². The Kier molecular flexibility index (Phi) is 9.86. The highest BCUT2D eigenvalue weighted by molar-refractivity contribution is 7.91. The van der Waals surface area contributed by atoms with Gasteiger partial charge in [0.2, 0.25) is 0 Å². The van der Waals surface area contributed by atoms with Gasteiger partial charge in [0.1, 0.15) is 23.0 Å². The summed E-state index contributed by atoms with van der Waals surface area (Å²) < 4.78 is 23.3. The highest BCUT2D eigenvalue weighted by Crippen LogP contribution is 2.38. The van der Waals surface area contributed by atoms with E-state index in [1.807, 2.05) is 32.0 Å². The van der Waals surface area contributed by atoms with Crippen LogP contribution >= 0.6 is 11.6 Å². The topological polar surface area (TPSA) is 41.5 Å². The largest absolute Gasteiger partial charge is 0.616 e. The zero-order valence-electron chi connectivity index (χ0n) is 18.9. The molecule has 1 unspecified atom stereocenters. The molecule has 30 heavy (non-hydrogen) atoms. The number of rotatable bonds is 12. The molecule has 0 bridgehead atoms. The predicted octanol–water partition coefficient (Wildman–Crippen LogP) is 6.69. The standard InChI is InChI=1S/C25H35ClO3S/c1-6-8-14-28-22-12-10-20(11-13-22)25(4,5)21-17-19(3)24(23(26)18-21)29-15-9-16-30(27)7-2/h10-13,17-18H,6-9,14-16H2,1-5H3. The van der Waals surface area contributed by atoms with E-state index in [-0.39, 0.29) is 5.41 Å². The zero-order chi connectivity index (χ0) is 22.1. The second-order valence-electron chi connectivity index (χ2n) is 8.09. The molecule has 0 N–H and O–H groups in total. The molecule has 0 saturated heterocycles. The first-order valence-corrected chi connectivity index (χ1v) is 12.7. The van der Waals surface area contributed by atoms with E-state index in [1.54, 1.807) is 0 Å². The summed E-state index contributed by atoms with van der Waals surface area (Å²) >= 11 is 5.83. The van der Waals surface area contributed by atoms with E-state index < -0.39 is 11.2 Å². The van der Waals surface area contributed by atoms with Crippen molar-refractivity contribution in [2.45, 2.75) is 59.3 Å². The highest BCUT2D eigenvalue weighted by Gasteiger charge is 2.25. The number of aryl methyl sites for hydroxylation is 1. The Morgan fingerprint density at radius 3 is 2.23 bits per heavy atom. The molecular formula is C25H35ClO3S. The van der Waals surface area contributed by atoms with Crippen molar-refractivity contribution in [3.05, 3.63) is 58.1 Å². The van der Waals surface area contributed by atoms with Crippen LogP contribution in [-0.2, 0) is 16.6 Å². The fourth-order valence-electron chi connectivity index (χ4n) is 3.28. The lowest BCUT2D eigenvalue weighted by molar-refractivity contribution is 0.309. The molecule has 1 atom stereocenters. The second-order valence-corrected chi connectivity index (χ2v) is 10.4. The van der Waals surface area contributed by atoms with Crippen LogP contribution < -0.4 is 9.47 Å². The van der Waals surface area contributed by atoms with Crippen LogP contribution in [0.3, 0.4) is 0 Å². The van der Waals surface area contributed by atoms with Gasteiger partial charge < -0.3 is 14.0 Å². The van der Waals surface area contributed by atoms with Gasteiger partial charge in [-0.25, -0.2) is 0 Å². The second kappa shape index (κ2) is 11.9. The summed E-state index contributed by atoms with van der Waals surface area (Å²) in [6.45, 7) is 11.8. The first kappa shape index (κ1) is 24.9. The van der Waals surface area contributed by atoms with Gasteiger partial charge in [0, 0.05) is 11.8 Å². The predicted molar refractivity (Wildman–Crippen MR) is 129 cm³/mol. The number of unbranched alkanes of at least 4 members (excludes halogenated alkanes) is 1. The van der Waals surface area contributed by atoms with Crippen LogP contribution in [0.4, 0.5) is 0 Å². The third-order valence-corrected chi connectivity index (χ3v) is 7.05. The zero-order valence-corrected chi connectivity index (χ0v) is 20.5. The lowest BCUT2D eigenvalue weighted by Crippen LogP contribution is -2.19. The van der Waals surface area contributed by atoms with E-state index in [2.05, 4.69) is 39.0 Å². The number of hydrogen-bond donors (Lipinski definition) is 0. The van der Waals surface area contributed by atoms with Gasteiger partial charge >= 0.3 is 0 Å². The lowest BCUT2D eigenvalue weighted by Gasteiger charge is -2.28. The molecule has 2 rings (SSSR count). The average molecular weight is 451 g/mol. The monoisotopic (exact) mass is 450 g/mol. The molecule has 166 valence electrons. The minimum Gasteiger partial charge on any atom is -0.616 e. The number of hydrogen-bond acceptors (Lipinski definition) is 3. The summed E-state index contributed by atoms with van der Waals surface area (Å²) in [6, 6.07) is 12.5. The molecule has 2 aromatic rings. The molecule has 0 spiro atoms. The Balaban J connectivity index is 2.10. The van der Waals surface area contributed by atoms with Crippen molar-refractivity contribution in [1.29, 1.82) is 0 Å². The van der Waals surface area contributed by atoms with E-state index in [4.69, 9.17) is 21.1 Å². The van der Waals surface area contributed by atoms with E-state index in [9.17, 15) is 4.55 Å². The molecule has 0 aliphatic rings. The fourth-order valence-corrected chi connectivity index (χ4v) is 4.33. The maximum absolute atomic E-state index is 11.6. The summed E-state index contributed by atoms with van der Waals surface area (Å²) in [4.78, 5) is 0. The molecule has 0 aliphatic carbocycles. The minimum atomic E-state index is -0.759. The molecule has 0 radical (unpaired) electrons. The third-order valence-electron chi connectivity index (χ3n) is 5.38. The number of halogens is 1. The Morgan fingerprint density at radius 1 is 0.967 bits per heavy atom.